The highest BCUT2D eigenvalue weighted by Crippen LogP contribution is 2.47. The van der Waals surface area contributed by atoms with Crippen molar-refractivity contribution in [1.82, 2.24) is 5.32 Å². The van der Waals surface area contributed by atoms with Crippen molar-refractivity contribution < 1.29 is 23.7 Å². The van der Waals surface area contributed by atoms with Gasteiger partial charge in [-0.2, -0.15) is 0 Å². The van der Waals surface area contributed by atoms with Crippen molar-refractivity contribution in [3.05, 3.63) is 40.7 Å². The van der Waals surface area contributed by atoms with Crippen LogP contribution < -0.4 is 25.3 Å². The van der Waals surface area contributed by atoms with Crippen LogP contribution in [0.15, 0.2) is 35.2 Å². The quantitative estimate of drug-likeness (QED) is 0.561. The van der Waals surface area contributed by atoms with Gasteiger partial charge in [-0.1, -0.05) is 26.3 Å². The molecule has 0 bridgehead atoms. The van der Waals surface area contributed by atoms with Gasteiger partial charge in [0.15, 0.2) is 17.3 Å². The number of ketones is 1. The first-order valence-corrected chi connectivity index (χ1v) is 11.2. The molecular formula is C25H36N2O5. The number of carbonyl (C=O) groups is 1. The van der Waals surface area contributed by atoms with Gasteiger partial charge in [-0.05, 0) is 36.0 Å². The molecule has 3 rings (SSSR count). The molecule has 32 heavy (non-hydrogen) atoms. The summed E-state index contributed by atoms with van der Waals surface area (Å²) in [5, 5.41) is 3.52. The Morgan fingerprint density at radius 3 is 2.41 bits per heavy atom. The van der Waals surface area contributed by atoms with E-state index in [1.54, 1.807) is 21.3 Å². The Hall–Kier alpha value is -2.51. The smallest absolute Gasteiger partial charge is 0.203 e. The number of hydrogen-bond acceptors (Lipinski definition) is 7. The van der Waals surface area contributed by atoms with Crippen LogP contribution in [-0.2, 0) is 9.53 Å². The van der Waals surface area contributed by atoms with Gasteiger partial charge < -0.3 is 30.0 Å². The summed E-state index contributed by atoms with van der Waals surface area (Å²) >= 11 is 0. The zero-order chi connectivity index (χ0) is 23.3. The number of rotatable bonds is 9. The molecular weight excluding hydrogens is 408 g/mol. The second-order valence-corrected chi connectivity index (χ2v) is 8.75. The number of nitrogens with one attached hydrogen (secondary N) is 1. The van der Waals surface area contributed by atoms with Gasteiger partial charge in [-0.25, -0.2) is 0 Å². The van der Waals surface area contributed by atoms with E-state index < -0.39 is 0 Å². The van der Waals surface area contributed by atoms with E-state index in [0.29, 0.717) is 43.4 Å². The minimum Gasteiger partial charge on any atom is -0.493 e. The highest BCUT2D eigenvalue weighted by Gasteiger charge is 2.37. The fraction of sp³-hybridized carbons (Fsp3) is 0.560. The van der Waals surface area contributed by atoms with Gasteiger partial charge in [0.2, 0.25) is 5.75 Å². The van der Waals surface area contributed by atoms with Crippen molar-refractivity contribution in [1.29, 1.82) is 0 Å². The van der Waals surface area contributed by atoms with Crippen LogP contribution in [0.2, 0.25) is 0 Å². The fourth-order valence-electron chi connectivity index (χ4n) is 4.52. The Labute approximate surface area is 190 Å². The van der Waals surface area contributed by atoms with Gasteiger partial charge in [-0.3, -0.25) is 4.79 Å². The van der Waals surface area contributed by atoms with E-state index in [2.05, 4.69) is 25.2 Å². The first-order valence-electron chi connectivity index (χ1n) is 11.2. The first-order chi connectivity index (χ1) is 15.4. The Kier molecular flexibility index (Phi) is 7.85. The molecule has 1 aliphatic heterocycles. The topological polar surface area (TPSA) is 92.0 Å². The summed E-state index contributed by atoms with van der Waals surface area (Å²) in [4.78, 5) is 13.4. The van der Waals surface area contributed by atoms with E-state index in [-0.39, 0.29) is 17.1 Å². The van der Waals surface area contributed by atoms with Crippen molar-refractivity contribution in [3.63, 3.8) is 0 Å². The normalized spacial score (nSPS) is 23.1. The lowest BCUT2D eigenvalue weighted by Gasteiger charge is -2.32. The molecule has 0 radical (unpaired) electrons. The van der Waals surface area contributed by atoms with Crippen molar-refractivity contribution in [2.75, 3.05) is 41.1 Å². The van der Waals surface area contributed by atoms with Gasteiger partial charge >= 0.3 is 0 Å². The van der Waals surface area contributed by atoms with Gasteiger partial charge in [0.05, 0.1) is 34.5 Å². The number of dihydropyridines is 1. The standard InChI is InChI=1S/C25H36N2O5/c1-6-25(2)8-7-20(28)23-18(13-17(15-32-10-9-26)27-19(23)14-25)16-11-21(29-3)24(31-5)22(12-16)30-4/h11-13,18,27H,6-10,14-15,26H2,1-5H3. The molecule has 0 aromatic heterocycles. The monoisotopic (exact) mass is 444 g/mol. The van der Waals surface area contributed by atoms with Gasteiger partial charge in [0.1, 0.15) is 0 Å². The maximum Gasteiger partial charge on any atom is 0.203 e. The summed E-state index contributed by atoms with van der Waals surface area (Å²) in [5.74, 6) is 1.61. The van der Waals surface area contributed by atoms with Crippen molar-refractivity contribution >= 4 is 5.78 Å². The fourth-order valence-corrected chi connectivity index (χ4v) is 4.52. The number of hydrogen-bond donors (Lipinski definition) is 2. The second kappa shape index (κ2) is 10.4. The molecule has 2 atom stereocenters. The third-order valence-corrected chi connectivity index (χ3v) is 6.59. The predicted molar refractivity (Wildman–Crippen MR) is 124 cm³/mol. The van der Waals surface area contributed by atoms with Gasteiger partial charge in [0.25, 0.3) is 0 Å². The Bertz CT molecular complexity index is 883. The molecule has 2 aliphatic rings. The van der Waals surface area contributed by atoms with E-state index in [4.69, 9.17) is 24.7 Å². The van der Waals surface area contributed by atoms with E-state index >= 15 is 0 Å². The largest absolute Gasteiger partial charge is 0.493 e. The van der Waals surface area contributed by atoms with Crippen molar-refractivity contribution in [3.8, 4) is 17.2 Å². The minimum atomic E-state index is -0.233. The number of ether oxygens (including phenoxy) is 4. The average Bonchev–Trinajstić information content (AvgIpc) is 2.93. The summed E-state index contributed by atoms with van der Waals surface area (Å²) in [5.41, 5.74) is 9.32. The maximum absolute atomic E-state index is 13.4. The number of benzene rings is 1. The van der Waals surface area contributed by atoms with Crippen LogP contribution in [0.3, 0.4) is 0 Å². The van der Waals surface area contributed by atoms with Crippen molar-refractivity contribution in [2.45, 2.75) is 45.4 Å². The minimum absolute atomic E-state index is 0.0696. The third kappa shape index (κ3) is 4.94. The molecule has 0 amide bonds. The molecule has 1 aromatic rings. The summed E-state index contributed by atoms with van der Waals surface area (Å²) in [7, 11) is 4.78. The third-order valence-electron chi connectivity index (χ3n) is 6.59. The molecule has 3 N–H and O–H groups in total. The lowest BCUT2D eigenvalue weighted by atomic mass is 9.79. The molecule has 2 unspecified atom stereocenters. The molecule has 1 aromatic carbocycles. The van der Waals surface area contributed by atoms with Crippen LogP contribution in [0, 0.1) is 5.41 Å². The van der Waals surface area contributed by atoms with Crippen molar-refractivity contribution in [2.24, 2.45) is 11.1 Å². The molecule has 176 valence electrons. The van der Waals surface area contributed by atoms with E-state index in [1.165, 1.54) is 0 Å². The second-order valence-electron chi connectivity index (χ2n) is 8.75. The van der Waals surface area contributed by atoms with Gasteiger partial charge in [0, 0.05) is 35.9 Å². The molecule has 7 heteroatoms. The molecule has 0 fully saturated rings. The Morgan fingerprint density at radius 1 is 1.16 bits per heavy atom. The highest BCUT2D eigenvalue weighted by atomic mass is 16.5. The summed E-state index contributed by atoms with van der Waals surface area (Å²) in [6.45, 7) is 5.80. The molecule has 7 nitrogen and oxygen atoms in total. The SMILES string of the molecule is CCC1(C)CCC(=O)C2=C(C1)NC(COCCN)=CC2c1cc(OC)c(OC)c(OC)c1. The predicted octanol–water partition coefficient (Wildman–Crippen LogP) is 3.68. The molecule has 0 saturated heterocycles. The van der Waals surface area contributed by atoms with E-state index in [9.17, 15) is 4.79 Å². The maximum atomic E-state index is 13.4. The zero-order valence-corrected chi connectivity index (χ0v) is 19.9. The number of allylic oxidation sites excluding steroid dienone is 3. The van der Waals surface area contributed by atoms with E-state index in [0.717, 1.165) is 41.8 Å². The van der Waals surface area contributed by atoms with Gasteiger partial charge in [-0.15, -0.1) is 0 Å². The van der Waals surface area contributed by atoms with Crippen LogP contribution in [0.25, 0.3) is 0 Å². The zero-order valence-electron chi connectivity index (χ0n) is 19.9. The molecule has 0 saturated carbocycles. The molecule has 0 spiro atoms. The summed E-state index contributed by atoms with van der Waals surface area (Å²) < 4.78 is 22.4. The van der Waals surface area contributed by atoms with Crippen LogP contribution in [0.5, 0.6) is 17.2 Å². The highest BCUT2D eigenvalue weighted by molar-refractivity contribution is 5.98. The van der Waals surface area contributed by atoms with Crippen LogP contribution >= 0.6 is 0 Å². The molecule has 1 heterocycles. The number of nitrogens with two attached hydrogens (primary N) is 1. The average molecular weight is 445 g/mol. The molecule has 1 aliphatic carbocycles. The summed E-state index contributed by atoms with van der Waals surface area (Å²) in [6, 6.07) is 3.85. The number of Topliss-reactive ketones (excluding diaryl/α,β-unsaturated/α-hetero) is 1. The first kappa shape index (κ1) is 24.1. The lowest BCUT2D eigenvalue weighted by molar-refractivity contribution is -0.116. The van der Waals surface area contributed by atoms with Crippen LogP contribution in [-0.4, -0.2) is 46.9 Å². The van der Waals surface area contributed by atoms with Crippen LogP contribution in [0.4, 0.5) is 0 Å². The van der Waals surface area contributed by atoms with Crippen LogP contribution in [0.1, 0.15) is 51.0 Å². The van der Waals surface area contributed by atoms with E-state index in [1.807, 2.05) is 12.1 Å². The Morgan fingerprint density at radius 2 is 1.84 bits per heavy atom. The number of methoxy groups -OCH3 is 3. The Balaban J connectivity index is 2.12. The summed E-state index contributed by atoms with van der Waals surface area (Å²) in [6.07, 6.45) is 5.31. The lowest BCUT2D eigenvalue weighted by Crippen LogP contribution is -2.29. The number of carbonyl (C=O) groups excluding carboxylic acids is 1.